The topological polar surface area (TPSA) is 63.2 Å². The van der Waals surface area contributed by atoms with Gasteiger partial charge in [-0.1, -0.05) is 12.1 Å². The van der Waals surface area contributed by atoms with Gasteiger partial charge in [0.05, 0.1) is 18.1 Å². The molecule has 1 fully saturated rings. The Morgan fingerprint density at radius 2 is 1.73 bits per heavy atom. The maximum Gasteiger partial charge on any atom is 0.387 e. The fourth-order valence-corrected chi connectivity index (χ4v) is 3.37. The lowest BCUT2D eigenvalue weighted by molar-refractivity contribution is -0.0498. The molecule has 30 heavy (non-hydrogen) atoms. The molecule has 0 radical (unpaired) electrons. The fraction of sp³-hybridized carbons (Fsp3) is 0.286. The third-order valence-corrected chi connectivity index (χ3v) is 4.85. The van der Waals surface area contributed by atoms with Gasteiger partial charge in [0.1, 0.15) is 11.6 Å². The zero-order valence-corrected chi connectivity index (χ0v) is 16.1. The highest BCUT2D eigenvalue weighted by atomic mass is 19.3. The summed E-state index contributed by atoms with van der Waals surface area (Å²) in [5.41, 5.74) is 1.69. The molecule has 1 aromatic carbocycles. The van der Waals surface area contributed by atoms with Crippen molar-refractivity contribution in [1.82, 2.24) is 15.2 Å². The number of anilines is 3. The summed E-state index contributed by atoms with van der Waals surface area (Å²) in [5.74, 6) is 0.655. The van der Waals surface area contributed by atoms with E-state index in [2.05, 4.69) is 30.1 Å². The first-order chi connectivity index (χ1) is 14.6. The molecule has 3 aromatic rings. The lowest BCUT2D eigenvalue weighted by Crippen LogP contribution is -2.30. The standard InChI is InChI=1S/C21H20F3N5O/c22-17-13-25-20(29-8-2-1-3-9-29)11-18(17)27-19-10-15(12-26-28-19)14-4-6-16(7-5-14)30-21(23)24/h4-7,10-13,21H,1-3,8-9H2,(H,25,27,28). The van der Waals surface area contributed by atoms with Gasteiger partial charge in [-0.3, -0.25) is 0 Å². The highest BCUT2D eigenvalue weighted by Gasteiger charge is 2.15. The predicted octanol–water partition coefficient (Wildman–Crippen LogP) is 5.01. The van der Waals surface area contributed by atoms with Crippen molar-refractivity contribution < 1.29 is 17.9 Å². The van der Waals surface area contributed by atoms with Crippen LogP contribution in [0.1, 0.15) is 19.3 Å². The van der Waals surface area contributed by atoms with Gasteiger partial charge >= 0.3 is 6.61 Å². The summed E-state index contributed by atoms with van der Waals surface area (Å²) in [5, 5.41) is 10.9. The molecule has 0 amide bonds. The lowest BCUT2D eigenvalue weighted by Gasteiger charge is -2.28. The molecule has 0 bridgehead atoms. The molecule has 3 heterocycles. The van der Waals surface area contributed by atoms with Crippen LogP contribution in [-0.2, 0) is 0 Å². The SMILES string of the molecule is Fc1cnc(N2CCCCC2)cc1Nc1cc(-c2ccc(OC(F)F)cc2)cnn1. The van der Waals surface area contributed by atoms with Gasteiger partial charge in [-0.2, -0.15) is 13.9 Å². The van der Waals surface area contributed by atoms with E-state index in [0.717, 1.165) is 37.3 Å². The Kier molecular flexibility index (Phi) is 5.97. The summed E-state index contributed by atoms with van der Waals surface area (Å²) >= 11 is 0. The molecular formula is C21H20F3N5O. The van der Waals surface area contributed by atoms with Gasteiger partial charge in [-0.25, -0.2) is 9.37 Å². The van der Waals surface area contributed by atoms with Crippen molar-refractivity contribution in [2.75, 3.05) is 23.3 Å². The van der Waals surface area contributed by atoms with E-state index in [-0.39, 0.29) is 11.4 Å². The minimum Gasteiger partial charge on any atom is -0.435 e. The van der Waals surface area contributed by atoms with Crippen LogP contribution in [0.25, 0.3) is 11.1 Å². The second kappa shape index (κ2) is 8.98. The maximum atomic E-state index is 14.3. The molecule has 1 aliphatic rings. The lowest BCUT2D eigenvalue weighted by atomic mass is 10.1. The highest BCUT2D eigenvalue weighted by Crippen LogP contribution is 2.27. The highest BCUT2D eigenvalue weighted by molar-refractivity contribution is 5.69. The van der Waals surface area contributed by atoms with Gasteiger partial charge in [-0.05, 0) is 43.0 Å². The number of alkyl halides is 2. The van der Waals surface area contributed by atoms with Crippen LogP contribution < -0.4 is 15.0 Å². The molecule has 1 saturated heterocycles. The van der Waals surface area contributed by atoms with E-state index >= 15 is 0 Å². The van der Waals surface area contributed by atoms with Crippen molar-refractivity contribution in [1.29, 1.82) is 0 Å². The van der Waals surface area contributed by atoms with Crippen molar-refractivity contribution in [3.63, 3.8) is 0 Å². The number of pyridine rings is 1. The zero-order valence-electron chi connectivity index (χ0n) is 16.1. The van der Waals surface area contributed by atoms with Gasteiger partial charge in [-0.15, -0.1) is 5.10 Å². The first-order valence-corrected chi connectivity index (χ1v) is 9.64. The smallest absolute Gasteiger partial charge is 0.387 e. The minimum atomic E-state index is -2.88. The zero-order chi connectivity index (χ0) is 20.9. The van der Waals surface area contributed by atoms with E-state index in [1.54, 1.807) is 24.3 Å². The molecule has 0 aliphatic carbocycles. The molecule has 156 valence electrons. The summed E-state index contributed by atoms with van der Waals surface area (Å²) < 4.78 is 43.3. The van der Waals surface area contributed by atoms with E-state index in [1.165, 1.54) is 30.9 Å². The average Bonchev–Trinajstić information content (AvgIpc) is 2.76. The Labute approximate surface area is 171 Å². The van der Waals surface area contributed by atoms with Crippen LogP contribution in [0.4, 0.5) is 30.5 Å². The van der Waals surface area contributed by atoms with E-state index in [9.17, 15) is 13.2 Å². The monoisotopic (exact) mass is 415 g/mol. The number of piperidine rings is 1. The van der Waals surface area contributed by atoms with Gasteiger partial charge < -0.3 is 15.0 Å². The molecule has 4 rings (SSSR count). The summed E-state index contributed by atoms with van der Waals surface area (Å²) in [7, 11) is 0. The number of nitrogens with zero attached hydrogens (tertiary/aromatic N) is 4. The molecule has 2 aromatic heterocycles. The number of halogens is 3. The molecule has 6 nitrogen and oxygen atoms in total. The summed E-state index contributed by atoms with van der Waals surface area (Å²) in [6.45, 7) is -1.07. The Morgan fingerprint density at radius 1 is 0.967 bits per heavy atom. The van der Waals surface area contributed by atoms with Crippen LogP contribution in [0, 0.1) is 5.82 Å². The van der Waals surface area contributed by atoms with E-state index in [1.807, 2.05) is 0 Å². The molecule has 0 atom stereocenters. The van der Waals surface area contributed by atoms with Gasteiger partial charge in [0.25, 0.3) is 0 Å². The van der Waals surface area contributed by atoms with Crippen molar-refractivity contribution in [2.24, 2.45) is 0 Å². The molecule has 1 N–H and O–H groups in total. The Morgan fingerprint density at radius 3 is 2.47 bits per heavy atom. The number of hydrogen-bond donors (Lipinski definition) is 1. The van der Waals surface area contributed by atoms with E-state index < -0.39 is 12.4 Å². The number of benzene rings is 1. The minimum absolute atomic E-state index is 0.0678. The Balaban J connectivity index is 1.53. The largest absolute Gasteiger partial charge is 0.435 e. The number of ether oxygens (including phenoxy) is 1. The van der Waals surface area contributed by atoms with Crippen LogP contribution in [0.5, 0.6) is 5.75 Å². The predicted molar refractivity (Wildman–Crippen MR) is 108 cm³/mol. The molecule has 1 aliphatic heterocycles. The quantitative estimate of drug-likeness (QED) is 0.610. The molecule has 0 unspecified atom stereocenters. The summed E-state index contributed by atoms with van der Waals surface area (Å²) in [6, 6.07) is 9.55. The Bertz CT molecular complexity index is 994. The second-order valence-electron chi connectivity index (χ2n) is 6.93. The van der Waals surface area contributed by atoms with Crippen molar-refractivity contribution in [3.05, 3.63) is 54.6 Å². The van der Waals surface area contributed by atoms with Gasteiger partial charge in [0, 0.05) is 24.7 Å². The van der Waals surface area contributed by atoms with Gasteiger partial charge in [0.2, 0.25) is 0 Å². The van der Waals surface area contributed by atoms with Crippen molar-refractivity contribution in [3.8, 4) is 16.9 Å². The van der Waals surface area contributed by atoms with Gasteiger partial charge in [0.15, 0.2) is 11.6 Å². The van der Waals surface area contributed by atoms with Crippen molar-refractivity contribution in [2.45, 2.75) is 25.9 Å². The third-order valence-electron chi connectivity index (χ3n) is 4.85. The van der Waals surface area contributed by atoms with Crippen LogP contribution in [-0.4, -0.2) is 34.9 Å². The van der Waals surface area contributed by atoms with Crippen LogP contribution >= 0.6 is 0 Å². The number of aromatic nitrogens is 3. The van der Waals surface area contributed by atoms with Crippen LogP contribution in [0.3, 0.4) is 0 Å². The first kappa shape index (κ1) is 19.9. The second-order valence-corrected chi connectivity index (χ2v) is 6.93. The van der Waals surface area contributed by atoms with Crippen LogP contribution in [0.15, 0.2) is 48.8 Å². The number of hydrogen-bond acceptors (Lipinski definition) is 6. The summed E-state index contributed by atoms with van der Waals surface area (Å²) in [4.78, 5) is 6.35. The maximum absolute atomic E-state index is 14.3. The normalized spacial score (nSPS) is 14.1. The number of nitrogens with one attached hydrogen (secondary N) is 1. The molecular weight excluding hydrogens is 395 g/mol. The summed E-state index contributed by atoms with van der Waals surface area (Å²) in [6.07, 6.45) is 6.12. The third kappa shape index (κ3) is 4.79. The van der Waals surface area contributed by atoms with E-state index in [0.29, 0.717) is 11.4 Å². The molecule has 0 saturated carbocycles. The molecule has 0 spiro atoms. The average molecular weight is 415 g/mol. The van der Waals surface area contributed by atoms with E-state index in [4.69, 9.17) is 0 Å². The first-order valence-electron chi connectivity index (χ1n) is 9.64. The Hall–Kier alpha value is -3.36. The fourth-order valence-electron chi connectivity index (χ4n) is 3.37. The molecule has 9 heteroatoms. The van der Waals surface area contributed by atoms with Crippen molar-refractivity contribution >= 4 is 17.3 Å². The van der Waals surface area contributed by atoms with Crippen LogP contribution in [0.2, 0.25) is 0 Å². The number of rotatable bonds is 6.